The molecule has 39 heavy (non-hydrogen) atoms. The van der Waals surface area contributed by atoms with E-state index >= 15 is 0 Å². The minimum absolute atomic E-state index is 0.0493. The summed E-state index contributed by atoms with van der Waals surface area (Å²) in [6.07, 6.45) is 1.20. The van der Waals surface area contributed by atoms with E-state index in [4.69, 9.17) is 19.5 Å². The van der Waals surface area contributed by atoms with E-state index in [0.29, 0.717) is 23.8 Å². The van der Waals surface area contributed by atoms with Gasteiger partial charge in [-0.05, 0) is 51.3 Å². The third-order valence-electron chi connectivity index (χ3n) is 6.81. The van der Waals surface area contributed by atoms with Crippen LogP contribution in [0.3, 0.4) is 0 Å². The van der Waals surface area contributed by atoms with Crippen molar-refractivity contribution >= 4 is 11.9 Å². The summed E-state index contributed by atoms with van der Waals surface area (Å²) in [7, 11) is 0. The second-order valence-corrected chi connectivity index (χ2v) is 10.2. The van der Waals surface area contributed by atoms with Gasteiger partial charge in [-0.15, -0.1) is 0 Å². The summed E-state index contributed by atoms with van der Waals surface area (Å²) in [6.45, 7) is 11.1. The maximum Gasteiger partial charge on any atom is 0.290 e. The Labute approximate surface area is 231 Å². The van der Waals surface area contributed by atoms with Gasteiger partial charge < -0.3 is 19.7 Å². The summed E-state index contributed by atoms with van der Waals surface area (Å²) in [5.41, 5.74) is 5.30. The Bertz CT molecular complexity index is 1370. The second-order valence-electron chi connectivity index (χ2n) is 10.2. The Morgan fingerprint density at radius 1 is 0.872 bits per heavy atom. The van der Waals surface area contributed by atoms with E-state index < -0.39 is 11.8 Å². The van der Waals surface area contributed by atoms with Crippen LogP contribution < -0.4 is 10.1 Å². The van der Waals surface area contributed by atoms with Gasteiger partial charge in [0.05, 0.1) is 6.61 Å². The summed E-state index contributed by atoms with van der Waals surface area (Å²) in [5, 5.41) is 24.5. The van der Waals surface area contributed by atoms with Crippen molar-refractivity contribution in [1.82, 2.24) is 5.32 Å². The van der Waals surface area contributed by atoms with Gasteiger partial charge in [-0.3, -0.25) is 5.32 Å². The number of nitrogens with one attached hydrogen (secondary N) is 1. The van der Waals surface area contributed by atoms with Crippen molar-refractivity contribution in [2.45, 2.75) is 59.2 Å². The zero-order valence-corrected chi connectivity index (χ0v) is 23.5. The van der Waals surface area contributed by atoms with Gasteiger partial charge >= 0.3 is 0 Å². The van der Waals surface area contributed by atoms with Crippen molar-refractivity contribution in [1.29, 1.82) is 0 Å². The molecule has 0 amide bonds. The molecule has 2 unspecified atom stereocenters. The standard InChI is InChI=1S/C32H39N3O4/c1-6-7-16-38-19-25(36)20-39-29-11-9-8-10-28(29)32(27-15-13-22(3)18-24(27)5)34-30(33-31(37)35-32)26-14-12-21(2)17-23(26)4/h8-15,17-18,25,36H,6-7,16,19-20H2,1-5H3,(H2,33,34,35,37). The molecule has 0 saturated heterocycles. The quantitative estimate of drug-likeness (QED) is 0.279. The average Bonchev–Trinajstić information content (AvgIpc) is 2.89. The van der Waals surface area contributed by atoms with Crippen LogP contribution in [0.1, 0.15) is 58.7 Å². The molecule has 0 bridgehead atoms. The molecule has 1 aliphatic heterocycles. The Balaban J connectivity index is 1.81. The van der Waals surface area contributed by atoms with Gasteiger partial charge in [0.15, 0.2) is 0 Å². The van der Waals surface area contributed by atoms with Crippen molar-refractivity contribution in [2.24, 2.45) is 9.98 Å². The maximum absolute atomic E-state index is 11.0. The summed E-state index contributed by atoms with van der Waals surface area (Å²) >= 11 is 0. The van der Waals surface area contributed by atoms with Gasteiger partial charge in [0.1, 0.15) is 24.3 Å². The van der Waals surface area contributed by atoms with E-state index in [0.717, 1.165) is 46.2 Å². The van der Waals surface area contributed by atoms with E-state index in [9.17, 15) is 10.2 Å². The van der Waals surface area contributed by atoms with Gasteiger partial charge in [-0.25, -0.2) is 4.99 Å². The first-order valence-electron chi connectivity index (χ1n) is 13.5. The molecule has 3 N–H and O–H groups in total. The van der Waals surface area contributed by atoms with Crippen LogP contribution in [0.15, 0.2) is 70.6 Å². The fourth-order valence-corrected chi connectivity index (χ4v) is 4.88. The monoisotopic (exact) mass is 529 g/mol. The highest BCUT2D eigenvalue weighted by Gasteiger charge is 2.41. The maximum atomic E-state index is 11.0. The van der Waals surface area contributed by atoms with Crippen molar-refractivity contribution in [3.8, 4) is 5.75 Å². The Morgan fingerprint density at radius 2 is 1.59 bits per heavy atom. The molecule has 2 atom stereocenters. The number of amidine groups is 2. The molecule has 0 spiro atoms. The largest absolute Gasteiger partial charge is 0.490 e. The first-order chi connectivity index (χ1) is 18.7. The van der Waals surface area contributed by atoms with E-state index in [-0.39, 0.29) is 19.2 Å². The molecule has 4 rings (SSSR count). The molecule has 1 aliphatic rings. The summed E-state index contributed by atoms with van der Waals surface area (Å²) in [4.78, 5) is 9.94. The topological polar surface area (TPSA) is 95.7 Å². The van der Waals surface area contributed by atoms with Crippen molar-refractivity contribution < 1.29 is 19.7 Å². The molecule has 0 saturated carbocycles. The number of benzene rings is 3. The first kappa shape index (κ1) is 28.3. The lowest BCUT2D eigenvalue weighted by atomic mass is 9.87. The second kappa shape index (κ2) is 12.5. The number of aryl methyl sites for hydroxylation is 4. The molecule has 3 aromatic rings. The summed E-state index contributed by atoms with van der Waals surface area (Å²) in [5.74, 6) is 1.03. The first-order valence-corrected chi connectivity index (χ1v) is 13.5. The number of nitrogens with zero attached hydrogens (tertiary/aromatic N) is 2. The van der Waals surface area contributed by atoms with Crippen LogP contribution in [0, 0.1) is 27.7 Å². The predicted octanol–water partition coefficient (Wildman–Crippen LogP) is 5.64. The molecule has 0 radical (unpaired) electrons. The Kier molecular flexibility index (Phi) is 9.04. The molecule has 0 aliphatic carbocycles. The number of unbranched alkanes of at least 4 members (excludes halogenated alkanes) is 1. The summed E-state index contributed by atoms with van der Waals surface area (Å²) < 4.78 is 11.7. The SMILES string of the molecule is CCCCOCC(O)COc1ccccc1C1(c2ccc(C)cc2C)N=C(O)NC(c2ccc(C)cc2C)=N1. The highest BCUT2D eigenvalue weighted by atomic mass is 16.5. The van der Waals surface area contributed by atoms with Crippen molar-refractivity contribution in [3.05, 3.63) is 99.6 Å². The van der Waals surface area contributed by atoms with Gasteiger partial charge in [-0.1, -0.05) is 79.1 Å². The van der Waals surface area contributed by atoms with Crippen LogP contribution in [0.4, 0.5) is 0 Å². The van der Waals surface area contributed by atoms with E-state index in [1.807, 2.05) is 76.2 Å². The highest BCUT2D eigenvalue weighted by molar-refractivity contribution is 6.09. The lowest BCUT2D eigenvalue weighted by molar-refractivity contribution is 0.0110. The number of hydrogen-bond acceptors (Lipinski definition) is 6. The van der Waals surface area contributed by atoms with Crippen LogP contribution in [0.5, 0.6) is 5.75 Å². The van der Waals surface area contributed by atoms with Gasteiger partial charge in [0, 0.05) is 23.3 Å². The van der Waals surface area contributed by atoms with Gasteiger partial charge in [0.25, 0.3) is 6.02 Å². The smallest absolute Gasteiger partial charge is 0.290 e. The number of ether oxygens (including phenoxy) is 2. The minimum Gasteiger partial charge on any atom is -0.490 e. The zero-order valence-electron chi connectivity index (χ0n) is 23.5. The van der Waals surface area contributed by atoms with Crippen LogP contribution in [-0.4, -0.2) is 48.0 Å². The number of aliphatic hydroxyl groups excluding tert-OH is 2. The summed E-state index contributed by atoms with van der Waals surface area (Å²) in [6, 6.07) is 19.5. The van der Waals surface area contributed by atoms with E-state index in [1.165, 1.54) is 0 Å². The van der Waals surface area contributed by atoms with E-state index in [2.05, 4.69) is 24.4 Å². The number of aliphatic hydroxyl groups is 2. The fraction of sp³-hybridized carbons (Fsp3) is 0.375. The van der Waals surface area contributed by atoms with Crippen LogP contribution >= 0.6 is 0 Å². The van der Waals surface area contributed by atoms with Crippen molar-refractivity contribution in [3.63, 3.8) is 0 Å². The van der Waals surface area contributed by atoms with E-state index in [1.54, 1.807) is 0 Å². The number of aliphatic imine (C=N–C) groups is 2. The fourth-order valence-electron chi connectivity index (χ4n) is 4.88. The van der Waals surface area contributed by atoms with Crippen LogP contribution in [0.2, 0.25) is 0 Å². The molecule has 7 heteroatoms. The van der Waals surface area contributed by atoms with Gasteiger partial charge in [0.2, 0.25) is 5.66 Å². The molecule has 0 fully saturated rings. The zero-order chi connectivity index (χ0) is 28.0. The molecular weight excluding hydrogens is 490 g/mol. The molecule has 7 nitrogen and oxygen atoms in total. The highest BCUT2D eigenvalue weighted by Crippen LogP contribution is 2.43. The molecule has 206 valence electrons. The lowest BCUT2D eigenvalue weighted by Gasteiger charge is -2.34. The average molecular weight is 530 g/mol. The number of hydrogen-bond donors (Lipinski definition) is 3. The normalized spacial score (nSPS) is 17.7. The number of para-hydroxylation sites is 1. The lowest BCUT2D eigenvalue weighted by Crippen LogP contribution is -2.42. The van der Waals surface area contributed by atoms with Crippen LogP contribution in [0.25, 0.3) is 0 Å². The number of rotatable bonds is 11. The van der Waals surface area contributed by atoms with Crippen LogP contribution in [-0.2, 0) is 10.4 Å². The van der Waals surface area contributed by atoms with Crippen molar-refractivity contribution in [2.75, 3.05) is 19.8 Å². The third-order valence-corrected chi connectivity index (χ3v) is 6.81. The van der Waals surface area contributed by atoms with Gasteiger partial charge in [-0.2, -0.15) is 4.99 Å². The Hall–Kier alpha value is -3.68. The molecular formula is C32H39N3O4. The Morgan fingerprint density at radius 3 is 2.31 bits per heavy atom. The predicted molar refractivity (Wildman–Crippen MR) is 156 cm³/mol. The third kappa shape index (κ3) is 6.49. The minimum atomic E-state index is -1.32. The molecule has 0 aromatic heterocycles. The molecule has 1 heterocycles. The molecule has 3 aromatic carbocycles.